The Balaban J connectivity index is 2.37. The SMILES string of the molecule is Cc1ccc(F)c([C@@H](CC(C)C)N2CCNCC2)c1F. The highest BCUT2D eigenvalue weighted by atomic mass is 19.1. The summed E-state index contributed by atoms with van der Waals surface area (Å²) in [6.07, 6.45) is 0.775. The largest absolute Gasteiger partial charge is 0.314 e. The van der Waals surface area contributed by atoms with Crippen LogP contribution >= 0.6 is 0 Å². The molecule has 112 valence electrons. The van der Waals surface area contributed by atoms with Crippen molar-refractivity contribution < 1.29 is 8.78 Å². The summed E-state index contributed by atoms with van der Waals surface area (Å²) >= 11 is 0. The van der Waals surface area contributed by atoms with Crippen molar-refractivity contribution in [3.05, 3.63) is 34.9 Å². The zero-order chi connectivity index (χ0) is 14.7. The van der Waals surface area contributed by atoms with Crippen LogP contribution in [0.3, 0.4) is 0 Å². The summed E-state index contributed by atoms with van der Waals surface area (Å²) in [5.41, 5.74) is 0.769. The van der Waals surface area contributed by atoms with Crippen molar-refractivity contribution in [1.82, 2.24) is 10.2 Å². The normalized spacial score (nSPS) is 18.5. The van der Waals surface area contributed by atoms with Crippen LogP contribution in [0.2, 0.25) is 0 Å². The maximum atomic E-state index is 14.4. The number of hydrogen-bond acceptors (Lipinski definition) is 2. The van der Waals surface area contributed by atoms with Crippen LogP contribution in [0.1, 0.15) is 37.4 Å². The monoisotopic (exact) mass is 282 g/mol. The van der Waals surface area contributed by atoms with Gasteiger partial charge in [0.2, 0.25) is 0 Å². The van der Waals surface area contributed by atoms with E-state index in [0.29, 0.717) is 11.5 Å². The van der Waals surface area contributed by atoms with Gasteiger partial charge in [0.25, 0.3) is 0 Å². The van der Waals surface area contributed by atoms with Gasteiger partial charge in [0.05, 0.1) is 0 Å². The van der Waals surface area contributed by atoms with E-state index in [-0.39, 0.29) is 17.4 Å². The summed E-state index contributed by atoms with van der Waals surface area (Å²) in [6, 6.07) is 2.73. The Bertz CT molecular complexity index is 454. The predicted molar refractivity (Wildman–Crippen MR) is 77.7 cm³/mol. The van der Waals surface area contributed by atoms with E-state index in [1.165, 1.54) is 12.1 Å². The topological polar surface area (TPSA) is 15.3 Å². The molecule has 0 aromatic heterocycles. The average Bonchev–Trinajstić information content (AvgIpc) is 2.43. The molecule has 1 aromatic carbocycles. The molecule has 2 nitrogen and oxygen atoms in total. The quantitative estimate of drug-likeness (QED) is 0.912. The highest BCUT2D eigenvalue weighted by Crippen LogP contribution is 2.32. The number of aryl methyl sites for hydroxylation is 1. The molecule has 0 amide bonds. The van der Waals surface area contributed by atoms with Gasteiger partial charge in [0, 0.05) is 37.8 Å². The Hall–Kier alpha value is -1.00. The van der Waals surface area contributed by atoms with E-state index in [2.05, 4.69) is 24.1 Å². The summed E-state index contributed by atoms with van der Waals surface area (Å²) < 4.78 is 28.6. The first-order valence-electron chi connectivity index (χ1n) is 7.40. The second-order valence-corrected chi connectivity index (χ2v) is 6.02. The summed E-state index contributed by atoms with van der Waals surface area (Å²) in [6.45, 7) is 9.33. The first kappa shape index (κ1) is 15.4. The van der Waals surface area contributed by atoms with Crippen molar-refractivity contribution in [1.29, 1.82) is 0 Å². The smallest absolute Gasteiger partial charge is 0.133 e. The lowest BCUT2D eigenvalue weighted by Crippen LogP contribution is -2.45. The Morgan fingerprint density at radius 3 is 2.45 bits per heavy atom. The third-order valence-corrected chi connectivity index (χ3v) is 3.94. The third-order valence-electron chi connectivity index (χ3n) is 3.94. The number of nitrogens with zero attached hydrogens (tertiary/aromatic N) is 1. The van der Waals surface area contributed by atoms with Gasteiger partial charge in [-0.1, -0.05) is 19.9 Å². The zero-order valence-corrected chi connectivity index (χ0v) is 12.5. The van der Waals surface area contributed by atoms with Gasteiger partial charge >= 0.3 is 0 Å². The number of hydrogen-bond donors (Lipinski definition) is 1. The van der Waals surface area contributed by atoms with Crippen LogP contribution in [-0.2, 0) is 0 Å². The van der Waals surface area contributed by atoms with Gasteiger partial charge in [-0.05, 0) is 30.9 Å². The zero-order valence-electron chi connectivity index (χ0n) is 12.5. The number of nitrogens with one attached hydrogen (secondary N) is 1. The van der Waals surface area contributed by atoms with Gasteiger partial charge in [0.1, 0.15) is 11.6 Å². The molecule has 1 aliphatic rings. The van der Waals surface area contributed by atoms with Crippen molar-refractivity contribution in [3.63, 3.8) is 0 Å². The molecule has 20 heavy (non-hydrogen) atoms. The van der Waals surface area contributed by atoms with Crippen LogP contribution in [0.15, 0.2) is 12.1 Å². The van der Waals surface area contributed by atoms with Crippen molar-refractivity contribution in [3.8, 4) is 0 Å². The van der Waals surface area contributed by atoms with Crippen LogP contribution in [0.4, 0.5) is 8.78 Å². The number of piperazine rings is 1. The molecule has 0 spiro atoms. The second kappa shape index (κ2) is 6.64. The van der Waals surface area contributed by atoms with Gasteiger partial charge in [-0.3, -0.25) is 4.90 Å². The van der Waals surface area contributed by atoms with Gasteiger partial charge in [0.15, 0.2) is 0 Å². The second-order valence-electron chi connectivity index (χ2n) is 6.02. The molecule has 0 bridgehead atoms. The van der Waals surface area contributed by atoms with E-state index in [9.17, 15) is 8.78 Å². The highest BCUT2D eigenvalue weighted by Gasteiger charge is 2.28. The Morgan fingerprint density at radius 1 is 1.20 bits per heavy atom. The Labute approximate surface area is 120 Å². The minimum atomic E-state index is -0.419. The van der Waals surface area contributed by atoms with E-state index in [1.54, 1.807) is 6.92 Å². The summed E-state index contributed by atoms with van der Waals surface area (Å²) in [7, 11) is 0. The highest BCUT2D eigenvalue weighted by molar-refractivity contribution is 5.29. The molecule has 1 fully saturated rings. The molecule has 1 atom stereocenters. The van der Waals surface area contributed by atoms with Gasteiger partial charge in [-0.2, -0.15) is 0 Å². The lowest BCUT2D eigenvalue weighted by Gasteiger charge is -2.36. The minimum absolute atomic E-state index is 0.169. The first-order chi connectivity index (χ1) is 9.50. The van der Waals surface area contributed by atoms with Crippen molar-refractivity contribution >= 4 is 0 Å². The average molecular weight is 282 g/mol. The number of halogens is 2. The third kappa shape index (κ3) is 3.36. The molecular formula is C16H24F2N2. The summed E-state index contributed by atoms with van der Waals surface area (Å²) in [4.78, 5) is 2.21. The predicted octanol–water partition coefficient (Wildman–Crippen LogP) is 3.27. The molecule has 0 radical (unpaired) electrons. The molecule has 4 heteroatoms. The molecule has 2 rings (SSSR count). The van der Waals surface area contributed by atoms with E-state index >= 15 is 0 Å². The standard InChI is InChI=1S/C16H24F2N2/c1-11(2)10-14(20-8-6-19-7-9-20)15-13(17)5-4-12(3)16(15)18/h4-5,11,14,19H,6-10H2,1-3H3/t14-/m1/s1. The molecule has 0 aliphatic carbocycles. The van der Waals surface area contributed by atoms with Gasteiger partial charge in [-0.25, -0.2) is 8.78 Å². The Morgan fingerprint density at radius 2 is 1.85 bits per heavy atom. The fourth-order valence-electron chi connectivity index (χ4n) is 2.87. The van der Waals surface area contributed by atoms with Crippen LogP contribution in [0.5, 0.6) is 0 Å². The van der Waals surface area contributed by atoms with Crippen molar-refractivity contribution in [2.24, 2.45) is 5.92 Å². The minimum Gasteiger partial charge on any atom is -0.314 e. The van der Waals surface area contributed by atoms with Gasteiger partial charge < -0.3 is 5.32 Å². The molecular weight excluding hydrogens is 258 g/mol. The van der Waals surface area contributed by atoms with Crippen molar-refractivity contribution in [2.75, 3.05) is 26.2 Å². The van der Waals surface area contributed by atoms with E-state index in [0.717, 1.165) is 32.6 Å². The lowest BCUT2D eigenvalue weighted by atomic mass is 9.93. The fourth-order valence-corrected chi connectivity index (χ4v) is 2.87. The van der Waals surface area contributed by atoms with Crippen LogP contribution in [0, 0.1) is 24.5 Å². The number of benzene rings is 1. The van der Waals surface area contributed by atoms with E-state index in [1.807, 2.05) is 0 Å². The molecule has 0 saturated carbocycles. The fraction of sp³-hybridized carbons (Fsp3) is 0.625. The molecule has 1 heterocycles. The van der Waals surface area contributed by atoms with Gasteiger partial charge in [-0.15, -0.1) is 0 Å². The number of rotatable bonds is 4. The van der Waals surface area contributed by atoms with Crippen LogP contribution in [-0.4, -0.2) is 31.1 Å². The molecule has 1 saturated heterocycles. The molecule has 0 unspecified atom stereocenters. The summed E-state index contributed by atoms with van der Waals surface area (Å²) in [5, 5.41) is 3.29. The molecule has 1 aliphatic heterocycles. The van der Waals surface area contributed by atoms with E-state index in [4.69, 9.17) is 0 Å². The summed E-state index contributed by atoms with van der Waals surface area (Å²) in [5.74, 6) is -0.402. The van der Waals surface area contributed by atoms with Crippen LogP contribution < -0.4 is 5.32 Å². The first-order valence-corrected chi connectivity index (χ1v) is 7.40. The maximum absolute atomic E-state index is 14.4. The Kier molecular flexibility index (Phi) is 5.11. The molecule has 1 aromatic rings. The van der Waals surface area contributed by atoms with Crippen LogP contribution in [0.25, 0.3) is 0 Å². The maximum Gasteiger partial charge on any atom is 0.133 e. The lowest BCUT2D eigenvalue weighted by molar-refractivity contribution is 0.147. The van der Waals surface area contributed by atoms with E-state index < -0.39 is 5.82 Å². The van der Waals surface area contributed by atoms with Crippen molar-refractivity contribution in [2.45, 2.75) is 33.2 Å². The molecule has 1 N–H and O–H groups in total.